The highest BCUT2D eigenvalue weighted by molar-refractivity contribution is 6.34. The summed E-state index contributed by atoms with van der Waals surface area (Å²) >= 11 is 12.5. The number of halogens is 2. The van der Waals surface area contributed by atoms with Gasteiger partial charge in [-0.1, -0.05) is 53.5 Å². The van der Waals surface area contributed by atoms with Crippen LogP contribution in [0.25, 0.3) is 0 Å². The Bertz CT molecular complexity index is 1040. The van der Waals surface area contributed by atoms with Gasteiger partial charge in [0.1, 0.15) is 0 Å². The van der Waals surface area contributed by atoms with E-state index in [1.165, 1.54) is 0 Å². The minimum absolute atomic E-state index is 0.110. The van der Waals surface area contributed by atoms with Crippen molar-refractivity contribution >= 4 is 40.8 Å². The third-order valence-electron chi connectivity index (χ3n) is 6.09. The van der Waals surface area contributed by atoms with E-state index in [0.29, 0.717) is 29.6 Å². The third kappa shape index (κ3) is 5.57. The maximum Gasteiger partial charge on any atom is 0.310 e. The smallest absolute Gasteiger partial charge is 0.310 e. The van der Waals surface area contributed by atoms with Crippen molar-refractivity contribution in [3.8, 4) is 0 Å². The molecular formula is C25H27Cl2N3O3. The van der Waals surface area contributed by atoms with Crippen LogP contribution >= 0.6 is 23.2 Å². The molecular weight excluding hydrogens is 461 g/mol. The Morgan fingerprint density at radius 2 is 1.88 bits per heavy atom. The predicted octanol–water partition coefficient (Wildman–Crippen LogP) is 4.95. The van der Waals surface area contributed by atoms with Crippen LogP contribution < -0.4 is 0 Å². The lowest BCUT2D eigenvalue weighted by Gasteiger charge is -2.32. The number of hydrazone groups is 1. The van der Waals surface area contributed by atoms with Gasteiger partial charge in [-0.15, -0.1) is 0 Å². The quantitative estimate of drug-likeness (QED) is 0.540. The van der Waals surface area contributed by atoms with Crippen LogP contribution in [-0.4, -0.2) is 53.7 Å². The van der Waals surface area contributed by atoms with E-state index in [4.69, 9.17) is 33.0 Å². The molecule has 33 heavy (non-hydrogen) atoms. The molecule has 2 aliphatic rings. The van der Waals surface area contributed by atoms with Gasteiger partial charge >= 0.3 is 5.97 Å². The first kappa shape index (κ1) is 23.7. The Morgan fingerprint density at radius 1 is 1.12 bits per heavy atom. The molecule has 0 N–H and O–H groups in total. The molecule has 2 unspecified atom stereocenters. The highest BCUT2D eigenvalue weighted by Gasteiger charge is 2.35. The summed E-state index contributed by atoms with van der Waals surface area (Å²) < 4.78 is 5.19. The van der Waals surface area contributed by atoms with Crippen molar-refractivity contribution in [2.45, 2.75) is 32.2 Å². The second-order valence-corrected chi connectivity index (χ2v) is 9.21. The summed E-state index contributed by atoms with van der Waals surface area (Å²) in [6, 6.07) is 14.8. The van der Waals surface area contributed by atoms with Gasteiger partial charge in [0.05, 0.1) is 30.8 Å². The van der Waals surface area contributed by atoms with E-state index < -0.39 is 0 Å². The number of amides is 1. The van der Waals surface area contributed by atoms with E-state index >= 15 is 0 Å². The Kier molecular flexibility index (Phi) is 7.68. The van der Waals surface area contributed by atoms with E-state index in [0.717, 1.165) is 36.2 Å². The molecule has 0 spiro atoms. The summed E-state index contributed by atoms with van der Waals surface area (Å²) in [5.74, 6) is -0.491. The Morgan fingerprint density at radius 3 is 2.61 bits per heavy atom. The van der Waals surface area contributed by atoms with E-state index in [2.05, 4.69) is 0 Å². The molecule has 0 aliphatic carbocycles. The van der Waals surface area contributed by atoms with Gasteiger partial charge in [-0.05, 0) is 50.1 Å². The highest BCUT2D eigenvalue weighted by atomic mass is 35.5. The molecule has 0 aromatic heterocycles. The molecule has 6 nitrogen and oxygen atoms in total. The summed E-state index contributed by atoms with van der Waals surface area (Å²) in [6.07, 6.45) is 2.20. The van der Waals surface area contributed by atoms with Crippen molar-refractivity contribution in [2.24, 2.45) is 11.0 Å². The fourth-order valence-corrected chi connectivity index (χ4v) is 4.83. The summed E-state index contributed by atoms with van der Waals surface area (Å²) in [5, 5.41) is 7.52. The molecule has 1 saturated heterocycles. The SMILES string of the molecule is CCOC(=O)C1CCCN(CC(=O)N2N=C(c3ccccc3Cl)CC2c2ccc(Cl)cc2)C1. The van der Waals surface area contributed by atoms with Crippen LogP contribution in [0.3, 0.4) is 0 Å². The first-order valence-corrected chi connectivity index (χ1v) is 12.0. The number of carbonyl (C=O) groups is 2. The third-order valence-corrected chi connectivity index (χ3v) is 6.67. The number of esters is 1. The van der Waals surface area contributed by atoms with Crippen molar-refractivity contribution in [3.05, 3.63) is 69.7 Å². The summed E-state index contributed by atoms with van der Waals surface area (Å²) in [7, 11) is 0. The number of benzene rings is 2. The van der Waals surface area contributed by atoms with E-state index in [1.807, 2.05) is 53.4 Å². The number of nitrogens with zero attached hydrogens (tertiary/aromatic N) is 3. The zero-order chi connectivity index (χ0) is 23.4. The fourth-order valence-electron chi connectivity index (χ4n) is 4.46. The molecule has 0 bridgehead atoms. The number of rotatable bonds is 6. The van der Waals surface area contributed by atoms with Gasteiger partial charge in [0.2, 0.25) is 0 Å². The molecule has 0 radical (unpaired) electrons. The van der Waals surface area contributed by atoms with Crippen LogP contribution in [0.2, 0.25) is 10.0 Å². The zero-order valence-corrected chi connectivity index (χ0v) is 20.1. The van der Waals surface area contributed by atoms with Crippen LogP contribution in [0.4, 0.5) is 0 Å². The molecule has 2 aliphatic heterocycles. The number of hydrogen-bond acceptors (Lipinski definition) is 5. The molecule has 0 saturated carbocycles. The average Bonchev–Trinajstić information content (AvgIpc) is 3.25. The average molecular weight is 488 g/mol. The number of piperidine rings is 1. The van der Waals surface area contributed by atoms with Gasteiger partial charge in [-0.2, -0.15) is 5.10 Å². The summed E-state index contributed by atoms with van der Waals surface area (Å²) in [4.78, 5) is 27.6. The number of ether oxygens (including phenoxy) is 1. The van der Waals surface area contributed by atoms with Crippen molar-refractivity contribution in [1.82, 2.24) is 9.91 Å². The van der Waals surface area contributed by atoms with Crippen molar-refractivity contribution in [2.75, 3.05) is 26.2 Å². The molecule has 2 aromatic rings. The molecule has 174 valence electrons. The van der Waals surface area contributed by atoms with Crippen LogP contribution in [0, 0.1) is 5.92 Å². The van der Waals surface area contributed by atoms with Gasteiger partial charge in [0.25, 0.3) is 5.91 Å². The lowest BCUT2D eigenvalue weighted by atomic mass is 9.97. The van der Waals surface area contributed by atoms with Crippen LogP contribution in [0.15, 0.2) is 53.6 Å². The predicted molar refractivity (Wildman–Crippen MR) is 129 cm³/mol. The Labute approximate surface area is 204 Å². The molecule has 2 atom stereocenters. The minimum atomic E-state index is -0.244. The van der Waals surface area contributed by atoms with Crippen LogP contribution in [-0.2, 0) is 14.3 Å². The Hall–Kier alpha value is -2.41. The summed E-state index contributed by atoms with van der Waals surface area (Å²) in [6.45, 7) is 3.65. The van der Waals surface area contributed by atoms with Crippen LogP contribution in [0.1, 0.15) is 43.4 Å². The maximum atomic E-state index is 13.4. The number of hydrogen-bond donors (Lipinski definition) is 0. The van der Waals surface area contributed by atoms with Crippen molar-refractivity contribution < 1.29 is 14.3 Å². The van der Waals surface area contributed by atoms with Gasteiger partial charge < -0.3 is 4.74 Å². The second kappa shape index (κ2) is 10.7. The van der Waals surface area contributed by atoms with E-state index in [1.54, 1.807) is 11.9 Å². The van der Waals surface area contributed by atoms with Gasteiger partial charge in [0, 0.05) is 28.6 Å². The number of likely N-dealkylation sites (tertiary alicyclic amines) is 1. The standard InChI is InChI=1S/C25H27Cl2N3O3/c1-2-33-25(32)18-6-5-13-29(15-18)16-24(31)30-23(17-9-11-19(26)12-10-17)14-22(28-30)20-7-3-4-8-21(20)27/h3-4,7-12,18,23H,2,5-6,13-16H2,1H3. The lowest BCUT2D eigenvalue weighted by molar-refractivity contribution is -0.150. The monoisotopic (exact) mass is 487 g/mol. The molecule has 1 fully saturated rings. The molecule has 1 amide bonds. The first-order chi connectivity index (χ1) is 16.0. The fraction of sp³-hybridized carbons (Fsp3) is 0.400. The number of carbonyl (C=O) groups excluding carboxylic acids is 2. The van der Waals surface area contributed by atoms with E-state index in [-0.39, 0.29) is 30.4 Å². The van der Waals surface area contributed by atoms with Gasteiger partial charge in [-0.3, -0.25) is 14.5 Å². The highest BCUT2D eigenvalue weighted by Crippen LogP contribution is 2.35. The van der Waals surface area contributed by atoms with E-state index in [9.17, 15) is 9.59 Å². The molecule has 2 aromatic carbocycles. The molecule has 8 heteroatoms. The van der Waals surface area contributed by atoms with Crippen molar-refractivity contribution in [3.63, 3.8) is 0 Å². The van der Waals surface area contributed by atoms with Gasteiger partial charge in [0.15, 0.2) is 0 Å². The van der Waals surface area contributed by atoms with Gasteiger partial charge in [-0.25, -0.2) is 5.01 Å². The zero-order valence-electron chi connectivity index (χ0n) is 18.5. The first-order valence-electron chi connectivity index (χ1n) is 11.2. The molecule has 4 rings (SSSR count). The Balaban J connectivity index is 1.55. The largest absolute Gasteiger partial charge is 0.466 e. The minimum Gasteiger partial charge on any atom is -0.466 e. The topological polar surface area (TPSA) is 62.2 Å². The van der Waals surface area contributed by atoms with Crippen molar-refractivity contribution in [1.29, 1.82) is 0 Å². The second-order valence-electron chi connectivity index (χ2n) is 8.36. The summed E-state index contributed by atoms with van der Waals surface area (Å²) in [5.41, 5.74) is 2.56. The van der Waals surface area contributed by atoms with Crippen LogP contribution in [0.5, 0.6) is 0 Å². The normalized spacial score (nSPS) is 21.1. The maximum absolute atomic E-state index is 13.4. The molecule has 2 heterocycles. The lowest BCUT2D eigenvalue weighted by Crippen LogP contribution is -2.44.